The average molecular weight is 317 g/mol. The van der Waals surface area contributed by atoms with Gasteiger partial charge in [-0.1, -0.05) is 0 Å². The fourth-order valence-electron chi connectivity index (χ4n) is 2.94. The van der Waals surface area contributed by atoms with Crippen LogP contribution in [0.2, 0.25) is 0 Å². The molecule has 1 unspecified atom stereocenters. The first-order valence-electron chi connectivity index (χ1n) is 7.43. The number of nitrogens with zero attached hydrogens (tertiary/aromatic N) is 3. The van der Waals surface area contributed by atoms with Gasteiger partial charge in [-0.15, -0.1) is 11.3 Å². The standard InChI is InChI=1S/C16H19N3O2S/c1-11(20)13-5-6-14(22-13)16(21)19-8-3-4-12(10-19)15-17-7-9-18(15)2/h5-7,9,12H,3-4,8,10H2,1-2H3. The number of carbonyl (C=O) groups is 2. The molecule has 1 fully saturated rings. The van der Waals surface area contributed by atoms with Crippen molar-refractivity contribution in [3.8, 4) is 0 Å². The van der Waals surface area contributed by atoms with Crippen LogP contribution in [0.5, 0.6) is 0 Å². The molecule has 1 atom stereocenters. The molecule has 0 radical (unpaired) electrons. The van der Waals surface area contributed by atoms with Crippen LogP contribution in [0.25, 0.3) is 0 Å². The number of aryl methyl sites for hydroxylation is 1. The van der Waals surface area contributed by atoms with Gasteiger partial charge in [0.15, 0.2) is 5.78 Å². The highest BCUT2D eigenvalue weighted by atomic mass is 32.1. The predicted molar refractivity (Wildman–Crippen MR) is 85.4 cm³/mol. The Bertz CT molecular complexity index is 704. The lowest BCUT2D eigenvalue weighted by Gasteiger charge is -2.32. The van der Waals surface area contributed by atoms with Crippen LogP contribution in [0.15, 0.2) is 24.5 Å². The smallest absolute Gasteiger partial charge is 0.263 e. The zero-order valence-corrected chi connectivity index (χ0v) is 13.6. The number of likely N-dealkylation sites (tertiary alicyclic amines) is 1. The van der Waals surface area contributed by atoms with E-state index in [2.05, 4.69) is 4.98 Å². The number of rotatable bonds is 3. The van der Waals surface area contributed by atoms with E-state index < -0.39 is 0 Å². The van der Waals surface area contributed by atoms with Crippen molar-refractivity contribution in [2.45, 2.75) is 25.7 Å². The third kappa shape index (κ3) is 2.83. The van der Waals surface area contributed by atoms with E-state index in [1.807, 2.05) is 22.7 Å². The lowest BCUT2D eigenvalue weighted by atomic mass is 9.97. The van der Waals surface area contributed by atoms with Crippen molar-refractivity contribution < 1.29 is 9.59 Å². The summed E-state index contributed by atoms with van der Waals surface area (Å²) in [6.07, 6.45) is 5.77. The molecule has 1 saturated heterocycles. The van der Waals surface area contributed by atoms with Gasteiger partial charge < -0.3 is 9.47 Å². The van der Waals surface area contributed by atoms with Gasteiger partial charge in [-0.2, -0.15) is 0 Å². The summed E-state index contributed by atoms with van der Waals surface area (Å²) in [5, 5.41) is 0. The fourth-order valence-corrected chi connectivity index (χ4v) is 3.81. The molecule has 3 heterocycles. The van der Waals surface area contributed by atoms with Crippen LogP contribution < -0.4 is 0 Å². The Labute approximate surface area is 133 Å². The number of hydrogen-bond donors (Lipinski definition) is 0. The van der Waals surface area contributed by atoms with Crippen LogP contribution in [-0.2, 0) is 7.05 Å². The third-order valence-electron chi connectivity index (χ3n) is 4.10. The molecule has 2 aromatic rings. The van der Waals surface area contributed by atoms with E-state index in [9.17, 15) is 9.59 Å². The highest BCUT2D eigenvalue weighted by Gasteiger charge is 2.28. The van der Waals surface area contributed by atoms with Crippen LogP contribution in [-0.4, -0.2) is 39.2 Å². The predicted octanol–water partition coefficient (Wildman–Crippen LogP) is 2.70. The fraction of sp³-hybridized carbons (Fsp3) is 0.438. The van der Waals surface area contributed by atoms with Gasteiger partial charge in [0.1, 0.15) is 5.82 Å². The van der Waals surface area contributed by atoms with Crippen LogP contribution in [0.1, 0.15) is 50.9 Å². The number of imidazole rings is 1. The van der Waals surface area contributed by atoms with E-state index in [0.717, 1.165) is 25.2 Å². The molecule has 116 valence electrons. The molecule has 0 spiro atoms. The third-order valence-corrected chi connectivity index (χ3v) is 5.27. The quantitative estimate of drug-likeness (QED) is 0.818. The summed E-state index contributed by atoms with van der Waals surface area (Å²) in [6.45, 7) is 2.99. The van der Waals surface area contributed by atoms with Crippen molar-refractivity contribution in [2.75, 3.05) is 13.1 Å². The molecule has 0 bridgehead atoms. The van der Waals surface area contributed by atoms with Crippen molar-refractivity contribution in [3.63, 3.8) is 0 Å². The first-order chi connectivity index (χ1) is 10.6. The van der Waals surface area contributed by atoms with Crippen LogP contribution in [0.4, 0.5) is 0 Å². The lowest BCUT2D eigenvalue weighted by molar-refractivity contribution is 0.0708. The zero-order valence-electron chi connectivity index (χ0n) is 12.8. The normalized spacial score (nSPS) is 18.5. The SMILES string of the molecule is CC(=O)c1ccc(C(=O)N2CCCC(c3nccn3C)C2)s1. The lowest BCUT2D eigenvalue weighted by Crippen LogP contribution is -2.39. The molecular formula is C16H19N3O2S. The van der Waals surface area contributed by atoms with Crippen LogP contribution in [0.3, 0.4) is 0 Å². The molecule has 1 aliphatic heterocycles. The Morgan fingerprint density at radius 1 is 1.32 bits per heavy atom. The number of ketones is 1. The zero-order chi connectivity index (χ0) is 15.7. The van der Waals surface area contributed by atoms with E-state index in [-0.39, 0.29) is 17.6 Å². The van der Waals surface area contributed by atoms with Gasteiger partial charge in [-0.05, 0) is 31.9 Å². The maximum Gasteiger partial charge on any atom is 0.263 e. The Balaban J connectivity index is 1.75. The summed E-state index contributed by atoms with van der Waals surface area (Å²) in [6, 6.07) is 3.49. The van der Waals surface area contributed by atoms with E-state index in [1.54, 1.807) is 18.3 Å². The maximum atomic E-state index is 12.6. The Kier molecular flexibility index (Phi) is 4.11. The van der Waals surface area contributed by atoms with Crippen molar-refractivity contribution in [1.29, 1.82) is 0 Å². The summed E-state index contributed by atoms with van der Waals surface area (Å²) in [7, 11) is 1.99. The molecule has 1 amide bonds. The molecule has 5 nitrogen and oxygen atoms in total. The number of carbonyl (C=O) groups excluding carboxylic acids is 2. The molecule has 0 aromatic carbocycles. The minimum Gasteiger partial charge on any atom is -0.338 e. The van der Waals surface area contributed by atoms with Crippen molar-refractivity contribution >= 4 is 23.0 Å². The summed E-state index contributed by atoms with van der Waals surface area (Å²) in [5.41, 5.74) is 0. The second kappa shape index (κ2) is 6.04. The van der Waals surface area contributed by atoms with Gasteiger partial charge >= 0.3 is 0 Å². The van der Waals surface area contributed by atoms with E-state index in [4.69, 9.17) is 0 Å². The molecular weight excluding hydrogens is 298 g/mol. The van der Waals surface area contributed by atoms with Crippen molar-refractivity contribution in [3.05, 3.63) is 40.1 Å². The topological polar surface area (TPSA) is 55.2 Å². The second-order valence-corrected chi connectivity index (χ2v) is 6.79. The molecule has 0 aliphatic carbocycles. The minimum absolute atomic E-state index is 0.00795. The van der Waals surface area contributed by atoms with E-state index in [0.29, 0.717) is 16.3 Å². The molecule has 2 aromatic heterocycles. The number of piperidine rings is 1. The molecule has 1 aliphatic rings. The summed E-state index contributed by atoms with van der Waals surface area (Å²) < 4.78 is 2.03. The highest BCUT2D eigenvalue weighted by molar-refractivity contribution is 7.15. The maximum absolute atomic E-state index is 12.6. The first-order valence-corrected chi connectivity index (χ1v) is 8.25. The van der Waals surface area contributed by atoms with Gasteiger partial charge in [0.25, 0.3) is 5.91 Å². The molecule has 22 heavy (non-hydrogen) atoms. The second-order valence-electron chi connectivity index (χ2n) is 5.71. The van der Waals surface area contributed by atoms with E-state index >= 15 is 0 Å². The van der Waals surface area contributed by atoms with Crippen LogP contribution in [0, 0.1) is 0 Å². The largest absolute Gasteiger partial charge is 0.338 e. The molecule has 3 rings (SSSR count). The Hall–Kier alpha value is -1.95. The average Bonchev–Trinajstić information content (AvgIpc) is 3.15. The summed E-state index contributed by atoms with van der Waals surface area (Å²) in [5.74, 6) is 1.35. The van der Waals surface area contributed by atoms with Gasteiger partial charge in [-0.25, -0.2) is 4.98 Å². The van der Waals surface area contributed by atoms with Gasteiger partial charge in [0.2, 0.25) is 0 Å². The van der Waals surface area contributed by atoms with Crippen LogP contribution >= 0.6 is 11.3 Å². The molecule has 0 N–H and O–H groups in total. The Morgan fingerprint density at radius 2 is 2.09 bits per heavy atom. The number of Topliss-reactive ketones (excluding diaryl/α,β-unsaturated/α-hetero) is 1. The molecule has 6 heteroatoms. The number of hydrogen-bond acceptors (Lipinski definition) is 4. The monoisotopic (exact) mass is 317 g/mol. The first kappa shape index (κ1) is 15.0. The number of thiophene rings is 1. The Morgan fingerprint density at radius 3 is 2.73 bits per heavy atom. The van der Waals surface area contributed by atoms with E-state index in [1.165, 1.54) is 18.3 Å². The molecule has 0 saturated carbocycles. The van der Waals surface area contributed by atoms with Crippen molar-refractivity contribution in [2.24, 2.45) is 7.05 Å². The number of amides is 1. The number of aromatic nitrogens is 2. The van der Waals surface area contributed by atoms with Gasteiger partial charge in [0, 0.05) is 38.4 Å². The minimum atomic E-state index is 0.00795. The van der Waals surface area contributed by atoms with Gasteiger partial charge in [0.05, 0.1) is 9.75 Å². The highest BCUT2D eigenvalue weighted by Crippen LogP contribution is 2.27. The summed E-state index contributed by atoms with van der Waals surface area (Å²) in [4.78, 5) is 31.6. The van der Waals surface area contributed by atoms with Crippen molar-refractivity contribution in [1.82, 2.24) is 14.5 Å². The summed E-state index contributed by atoms with van der Waals surface area (Å²) >= 11 is 1.28. The van der Waals surface area contributed by atoms with Gasteiger partial charge in [-0.3, -0.25) is 9.59 Å².